The molecule has 120 valence electrons. The minimum Gasteiger partial charge on any atom is -0.340 e. The second-order valence-electron chi connectivity index (χ2n) is 6.06. The SMILES string of the molecule is Cc1nc(CN(C)[C@H]2CCN(Cc3sc(C)nc3C)C2)no1. The molecule has 1 saturated heterocycles. The van der Waals surface area contributed by atoms with Crippen LogP contribution in [0.2, 0.25) is 0 Å². The minimum absolute atomic E-state index is 0.549. The molecular formula is C15H23N5OS. The Kier molecular flexibility index (Phi) is 4.56. The fraction of sp³-hybridized carbons (Fsp3) is 0.667. The van der Waals surface area contributed by atoms with Crippen molar-refractivity contribution in [3.05, 3.63) is 27.3 Å². The van der Waals surface area contributed by atoms with Crippen molar-refractivity contribution in [1.29, 1.82) is 0 Å². The molecule has 0 bridgehead atoms. The third-order valence-corrected chi connectivity index (χ3v) is 5.26. The van der Waals surface area contributed by atoms with Gasteiger partial charge in [0.1, 0.15) is 0 Å². The van der Waals surface area contributed by atoms with Crippen LogP contribution < -0.4 is 0 Å². The first-order valence-corrected chi connectivity index (χ1v) is 8.47. The van der Waals surface area contributed by atoms with E-state index in [0.717, 1.165) is 37.0 Å². The average molecular weight is 321 g/mol. The van der Waals surface area contributed by atoms with Crippen LogP contribution in [-0.4, -0.2) is 51.1 Å². The van der Waals surface area contributed by atoms with Crippen LogP contribution in [0.1, 0.15) is 33.7 Å². The van der Waals surface area contributed by atoms with Crippen LogP contribution >= 0.6 is 11.3 Å². The molecule has 0 spiro atoms. The molecule has 0 radical (unpaired) electrons. The van der Waals surface area contributed by atoms with Crippen LogP contribution in [0.15, 0.2) is 4.52 Å². The number of hydrogen-bond acceptors (Lipinski definition) is 7. The summed E-state index contributed by atoms with van der Waals surface area (Å²) in [6.07, 6.45) is 1.18. The first-order valence-electron chi connectivity index (χ1n) is 7.66. The highest BCUT2D eigenvalue weighted by molar-refractivity contribution is 7.11. The van der Waals surface area contributed by atoms with E-state index in [2.05, 4.69) is 45.8 Å². The van der Waals surface area contributed by atoms with E-state index in [1.807, 2.05) is 18.3 Å². The lowest BCUT2D eigenvalue weighted by Crippen LogP contribution is -2.34. The highest BCUT2D eigenvalue weighted by atomic mass is 32.1. The van der Waals surface area contributed by atoms with Crippen molar-refractivity contribution in [2.75, 3.05) is 20.1 Å². The van der Waals surface area contributed by atoms with Crippen LogP contribution in [0.4, 0.5) is 0 Å². The molecule has 1 aliphatic rings. The quantitative estimate of drug-likeness (QED) is 0.841. The Morgan fingerprint density at radius 3 is 2.77 bits per heavy atom. The second kappa shape index (κ2) is 6.44. The average Bonchev–Trinajstić information content (AvgIpc) is 3.13. The molecule has 1 fully saturated rings. The monoisotopic (exact) mass is 321 g/mol. The maximum atomic E-state index is 5.04. The van der Waals surface area contributed by atoms with Crippen LogP contribution in [0.25, 0.3) is 0 Å². The number of hydrogen-bond donors (Lipinski definition) is 0. The molecule has 1 aliphatic heterocycles. The molecule has 3 rings (SSSR count). The summed E-state index contributed by atoms with van der Waals surface area (Å²) in [7, 11) is 2.14. The number of aromatic nitrogens is 3. The van der Waals surface area contributed by atoms with Crippen molar-refractivity contribution in [2.24, 2.45) is 0 Å². The number of thiazole rings is 1. The maximum absolute atomic E-state index is 5.04. The van der Waals surface area contributed by atoms with E-state index in [-0.39, 0.29) is 0 Å². The van der Waals surface area contributed by atoms with Crippen LogP contribution in [0.3, 0.4) is 0 Å². The molecule has 0 amide bonds. The Bertz CT molecular complexity index is 638. The van der Waals surface area contributed by atoms with Crippen molar-refractivity contribution in [2.45, 2.75) is 46.3 Å². The first kappa shape index (κ1) is 15.6. The highest BCUT2D eigenvalue weighted by Gasteiger charge is 2.27. The summed E-state index contributed by atoms with van der Waals surface area (Å²) in [6.45, 7) is 10.00. The first-order chi connectivity index (χ1) is 10.5. The van der Waals surface area contributed by atoms with Gasteiger partial charge in [0.2, 0.25) is 5.89 Å². The normalized spacial score (nSPS) is 19.4. The molecule has 0 N–H and O–H groups in total. The van der Waals surface area contributed by atoms with E-state index in [4.69, 9.17) is 4.52 Å². The number of likely N-dealkylation sites (N-methyl/N-ethyl adjacent to an activating group) is 1. The van der Waals surface area contributed by atoms with Gasteiger partial charge in [-0.2, -0.15) is 4.98 Å². The second-order valence-corrected chi connectivity index (χ2v) is 7.35. The van der Waals surface area contributed by atoms with Gasteiger partial charge in [-0.15, -0.1) is 11.3 Å². The third-order valence-electron chi connectivity index (χ3n) is 4.20. The Labute approximate surface area is 135 Å². The van der Waals surface area contributed by atoms with E-state index in [1.54, 1.807) is 0 Å². The van der Waals surface area contributed by atoms with E-state index in [9.17, 15) is 0 Å². The third kappa shape index (κ3) is 3.53. The summed E-state index contributed by atoms with van der Waals surface area (Å²) >= 11 is 1.82. The molecule has 0 aliphatic carbocycles. The van der Waals surface area contributed by atoms with Crippen LogP contribution in [0, 0.1) is 20.8 Å². The van der Waals surface area contributed by atoms with E-state index >= 15 is 0 Å². The number of likely N-dealkylation sites (tertiary alicyclic amines) is 1. The smallest absolute Gasteiger partial charge is 0.223 e. The van der Waals surface area contributed by atoms with Crippen molar-refractivity contribution in [3.63, 3.8) is 0 Å². The number of rotatable bonds is 5. The number of aryl methyl sites for hydroxylation is 3. The van der Waals surface area contributed by atoms with Crippen LogP contribution in [-0.2, 0) is 13.1 Å². The molecule has 1 atom stereocenters. The van der Waals surface area contributed by atoms with Gasteiger partial charge < -0.3 is 4.52 Å². The van der Waals surface area contributed by atoms with Gasteiger partial charge in [0.25, 0.3) is 0 Å². The Balaban J connectivity index is 1.54. The summed E-state index contributed by atoms with van der Waals surface area (Å²) in [6, 6.07) is 0.549. The van der Waals surface area contributed by atoms with Gasteiger partial charge in [-0.05, 0) is 27.3 Å². The maximum Gasteiger partial charge on any atom is 0.223 e. The topological polar surface area (TPSA) is 58.3 Å². The lowest BCUT2D eigenvalue weighted by Gasteiger charge is -2.23. The van der Waals surface area contributed by atoms with Gasteiger partial charge >= 0.3 is 0 Å². The van der Waals surface area contributed by atoms with Gasteiger partial charge in [0.05, 0.1) is 17.2 Å². The lowest BCUT2D eigenvalue weighted by atomic mass is 10.2. The molecule has 7 heteroatoms. The molecule has 0 unspecified atom stereocenters. The fourth-order valence-corrected chi connectivity index (χ4v) is 3.98. The van der Waals surface area contributed by atoms with Crippen LogP contribution in [0.5, 0.6) is 0 Å². The van der Waals surface area contributed by atoms with Crippen molar-refractivity contribution < 1.29 is 4.52 Å². The van der Waals surface area contributed by atoms with Gasteiger partial charge in [0.15, 0.2) is 5.82 Å². The lowest BCUT2D eigenvalue weighted by molar-refractivity contribution is 0.216. The van der Waals surface area contributed by atoms with Gasteiger partial charge in [0, 0.05) is 37.5 Å². The zero-order valence-electron chi connectivity index (χ0n) is 13.7. The largest absolute Gasteiger partial charge is 0.340 e. The molecule has 2 aromatic rings. The van der Waals surface area contributed by atoms with Gasteiger partial charge in [-0.3, -0.25) is 9.80 Å². The van der Waals surface area contributed by atoms with Gasteiger partial charge in [-0.25, -0.2) is 4.98 Å². The predicted molar refractivity (Wildman–Crippen MR) is 85.8 cm³/mol. The Morgan fingerprint density at radius 1 is 1.32 bits per heavy atom. The van der Waals surface area contributed by atoms with E-state index in [0.29, 0.717) is 11.9 Å². The number of nitrogens with zero attached hydrogens (tertiary/aromatic N) is 5. The molecule has 0 aromatic carbocycles. The Morgan fingerprint density at radius 2 is 2.14 bits per heavy atom. The van der Waals surface area contributed by atoms with E-state index in [1.165, 1.54) is 17.0 Å². The summed E-state index contributed by atoms with van der Waals surface area (Å²) in [5.41, 5.74) is 1.18. The molecule has 22 heavy (non-hydrogen) atoms. The van der Waals surface area contributed by atoms with Gasteiger partial charge in [-0.1, -0.05) is 5.16 Å². The summed E-state index contributed by atoms with van der Waals surface area (Å²) in [4.78, 5) is 15.0. The molecule has 3 heterocycles. The molecule has 0 saturated carbocycles. The van der Waals surface area contributed by atoms with E-state index < -0.39 is 0 Å². The van der Waals surface area contributed by atoms with Crippen molar-refractivity contribution in [3.8, 4) is 0 Å². The summed E-state index contributed by atoms with van der Waals surface area (Å²) in [5, 5.41) is 5.14. The summed E-state index contributed by atoms with van der Waals surface area (Å²) < 4.78 is 5.04. The minimum atomic E-state index is 0.549. The van der Waals surface area contributed by atoms with Crippen molar-refractivity contribution >= 4 is 11.3 Å². The standard InChI is InChI=1S/C15H23N5OS/c1-10-14(22-12(3)16-10)8-20-6-5-13(7-20)19(4)9-15-17-11(2)21-18-15/h13H,5-9H2,1-4H3/t13-/m0/s1. The zero-order valence-corrected chi connectivity index (χ0v) is 14.5. The summed E-state index contributed by atoms with van der Waals surface area (Å²) in [5.74, 6) is 1.40. The highest BCUT2D eigenvalue weighted by Crippen LogP contribution is 2.23. The molecule has 2 aromatic heterocycles. The fourth-order valence-electron chi connectivity index (χ4n) is 3.00. The predicted octanol–water partition coefficient (Wildman–Crippen LogP) is 2.16. The molecular weight excluding hydrogens is 298 g/mol. The zero-order chi connectivity index (χ0) is 15.7. The Hall–Kier alpha value is -1.31. The molecule has 6 nitrogen and oxygen atoms in total. The van der Waals surface area contributed by atoms with Crippen molar-refractivity contribution in [1.82, 2.24) is 24.9 Å².